The average molecular weight is 400 g/mol. The number of nitrogens with zero attached hydrogens (tertiary/aromatic N) is 5. The van der Waals surface area contributed by atoms with Crippen molar-refractivity contribution in [2.45, 2.75) is 52.6 Å². The Labute approximate surface area is 164 Å². The SMILES string of the molecule is CCc1nc(-c2c3n(c(=O)n(CC(=O)Nc4cc(C)on4)c2=O)CCCC3)no1. The van der Waals surface area contributed by atoms with Gasteiger partial charge in [0.2, 0.25) is 17.6 Å². The van der Waals surface area contributed by atoms with Crippen LogP contribution in [0.1, 0.15) is 37.1 Å². The van der Waals surface area contributed by atoms with Crippen molar-refractivity contribution < 1.29 is 13.8 Å². The van der Waals surface area contributed by atoms with Crippen LogP contribution in [-0.2, 0) is 30.7 Å². The summed E-state index contributed by atoms with van der Waals surface area (Å²) in [5.41, 5.74) is -0.353. The Hall–Kier alpha value is -3.50. The molecular formula is C18H20N6O5. The molecular weight excluding hydrogens is 380 g/mol. The lowest BCUT2D eigenvalue weighted by molar-refractivity contribution is -0.116. The van der Waals surface area contributed by atoms with Gasteiger partial charge in [0, 0.05) is 24.7 Å². The first-order valence-corrected chi connectivity index (χ1v) is 9.40. The quantitative estimate of drug-likeness (QED) is 0.666. The molecule has 0 saturated carbocycles. The molecule has 0 saturated heterocycles. The number of aromatic nitrogens is 5. The standard InChI is InChI=1S/C18H20N6O5/c1-3-14-20-16(22-29-14)15-11-6-4-5-7-23(11)18(27)24(17(15)26)9-13(25)19-12-8-10(2)28-21-12/h8H,3-7,9H2,1-2H3,(H,19,21,25). The average Bonchev–Trinajstić information content (AvgIpc) is 3.34. The molecule has 0 spiro atoms. The molecule has 4 rings (SSSR count). The summed E-state index contributed by atoms with van der Waals surface area (Å²) in [5.74, 6) is 0.703. The van der Waals surface area contributed by atoms with E-state index in [2.05, 4.69) is 20.6 Å². The smallest absolute Gasteiger partial charge is 0.331 e. The number of amides is 1. The van der Waals surface area contributed by atoms with Crippen molar-refractivity contribution in [2.24, 2.45) is 0 Å². The number of nitrogens with one attached hydrogen (secondary N) is 1. The fraction of sp³-hybridized carbons (Fsp3) is 0.444. The lowest BCUT2D eigenvalue weighted by Crippen LogP contribution is -2.45. The third kappa shape index (κ3) is 3.50. The number of hydrogen-bond acceptors (Lipinski definition) is 8. The molecule has 11 nitrogen and oxygen atoms in total. The molecule has 1 aliphatic heterocycles. The second-order valence-electron chi connectivity index (χ2n) is 6.84. The van der Waals surface area contributed by atoms with Gasteiger partial charge in [0.15, 0.2) is 5.82 Å². The molecule has 152 valence electrons. The highest BCUT2D eigenvalue weighted by Gasteiger charge is 2.26. The van der Waals surface area contributed by atoms with Gasteiger partial charge in [-0.05, 0) is 26.2 Å². The molecule has 0 fully saturated rings. The maximum atomic E-state index is 13.2. The molecule has 29 heavy (non-hydrogen) atoms. The van der Waals surface area contributed by atoms with E-state index in [0.717, 1.165) is 17.4 Å². The maximum Gasteiger partial charge on any atom is 0.331 e. The fourth-order valence-electron chi connectivity index (χ4n) is 3.41. The van der Waals surface area contributed by atoms with Crippen molar-refractivity contribution in [3.05, 3.63) is 44.2 Å². The first kappa shape index (κ1) is 18.8. The minimum atomic E-state index is -0.613. The van der Waals surface area contributed by atoms with Crippen LogP contribution < -0.4 is 16.6 Å². The van der Waals surface area contributed by atoms with Gasteiger partial charge in [-0.1, -0.05) is 17.2 Å². The predicted molar refractivity (Wildman–Crippen MR) is 100 cm³/mol. The molecule has 0 aromatic carbocycles. The van der Waals surface area contributed by atoms with Crippen molar-refractivity contribution in [2.75, 3.05) is 5.32 Å². The summed E-state index contributed by atoms with van der Waals surface area (Å²) in [6.07, 6.45) is 2.73. The number of aryl methyl sites for hydroxylation is 2. The lowest BCUT2D eigenvalue weighted by Gasteiger charge is -2.21. The number of fused-ring (bicyclic) bond motifs is 1. The van der Waals surface area contributed by atoms with Crippen LogP contribution in [0.3, 0.4) is 0 Å². The third-order valence-electron chi connectivity index (χ3n) is 4.77. The number of carbonyl (C=O) groups excluding carboxylic acids is 1. The lowest BCUT2D eigenvalue weighted by atomic mass is 10.0. The van der Waals surface area contributed by atoms with Gasteiger partial charge in [0.05, 0.1) is 0 Å². The Morgan fingerprint density at radius 1 is 1.24 bits per heavy atom. The summed E-state index contributed by atoms with van der Waals surface area (Å²) >= 11 is 0. The van der Waals surface area contributed by atoms with E-state index in [1.807, 2.05) is 6.92 Å². The molecule has 0 bridgehead atoms. The van der Waals surface area contributed by atoms with Gasteiger partial charge in [0.25, 0.3) is 5.56 Å². The van der Waals surface area contributed by atoms with Crippen LogP contribution in [0.5, 0.6) is 0 Å². The van der Waals surface area contributed by atoms with Crippen molar-refractivity contribution in [1.82, 2.24) is 24.4 Å². The van der Waals surface area contributed by atoms with Gasteiger partial charge in [-0.3, -0.25) is 18.7 Å². The summed E-state index contributed by atoms with van der Waals surface area (Å²) in [5, 5.41) is 10.1. The molecule has 1 amide bonds. The van der Waals surface area contributed by atoms with E-state index in [1.54, 1.807) is 6.92 Å². The molecule has 4 heterocycles. The number of rotatable bonds is 5. The van der Waals surface area contributed by atoms with Crippen molar-refractivity contribution in [3.63, 3.8) is 0 Å². The summed E-state index contributed by atoms with van der Waals surface area (Å²) in [4.78, 5) is 42.8. The highest BCUT2D eigenvalue weighted by Crippen LogP contribution is 2.21. The Bertz CT molecular complexity index is 1180. The van der Waals surface area contributed by atoms with Crippen LogP contribution in [0.25, 0.3) is 11.4 Å². The number of carbonyl (C=O) groups is 1. The second-order valence-corrected chi connectivity index (χ2v) is 6.84. The summed E-state index contributed by atoms with van der Waals surface area (Å²) in [6.45, 7) is 3.54. The van der Waals surface area contributed by atoms with Crippen molar-refractivity contribution in [3.8, 4) is 11.4 Å². The van der Waals surface area contributed by atoms with E-state index in [0.29, 0.717) is 36.7 Å². The van der Waals surface area contributed by atoms with Crippen LogP contribution in [0.15, 0.2) is 24.7 Å². The first-order chi connectivity index (χ1) is 14.0. The summed E-state index contributed by atoms with van der Waals surface area (Å²) in [7, 11) is 0. The van der Waals surface area contributed by atoms with E-state index in [1.165, 1.54) is 10.6 Å². The van der Waals surface area contributed by atoms with Crippen molar-refractivity contribution >= 4 is 11.7 Å². The first-order valence-electron chi connectivity index (χ1n) is 9.40. The Kier molecular flexibility index (Phi) is 4.87. The topological polar surface area (TPSA) is 138 Å². The Morgan fingerprint density at radius 3 is 2.76 bits per heavy atom. The van der Waals surface area contributed by atoms with E-state index < -0.39 is 23.7 Å². The minimum Gasteiger partial charge on any atom is -0.360 e. The molecule has 3 aromatic heterocycles. The Morgan fingerprint density at radius 2 is 2.07 bits per heavy atom. The van der Waals surface area contributed by atoms with Crippen molar-refractivity contribution in [1.29, 1.82) is 0 Å². The van der Waals surface area contributed by atoms with Gasteiger partial charge < -0.3 is 14.4 Å². The highest BCUT2D eigenvalue weighted by atomic mass is 16.5. The van der Waals surface area contributed by atoms with Crippen LogP contribution in [0, 0.1) is 6.92 Å². The zero-order valence-electron chi connectivity index (χ0n) is 16.1. The number of anilines is 1. The highest BCUT2D eigenvalue weighted by molar-refractivity contribution is 5.89. The molecule has 11 heteroatoms. The van der Waals surface area contributed by atoms with E-state index in [9.17, 15) is 14.4 Å². The van der Waals surface area contributed by atoms with E-state index in [-0.39, 0.29) is 17.2 Å². The zero-order chi connectivity index (χ0) is 20.5. The van der Waals surface area contributed by atoms with Gasteiger partial charge >= 0.3 is 5.69 Å². The van der Waals surface area contributed by atoms with Gasteiger partial charge in [-0.15, -0.1) is 0 Å². The fourth-order valence-corrected chi connectivity index (χ4v) is 3.41. The van der Waals surface area contributed by atoms with E-state index in [4.69, 9.17) is 9.05 Å². The molecule has 0 aliphatic carbocycles. The molecule has 3 aromatic rings. The summed E-state index contributed by atoms with van der Waals surface area (Å²) < 4.78 is 12.5. The Balaban J connectivity index is 1.77. The van der Waals surface area contributed by atoms with Gasteiger partial charge in [0.1, 0.15) is 17.9 Å². The summed E-state index contributed by atoms with van der Waals surface area (Å²) in [6, 6.07) is 1.54. The second kappa shape index (κ2) is 7.49. The minimum absolute atomic E-state index is 0.138. The van der Waals surface area contributed by atoms with Crippen LogP contribution >= 0.6 is 0 Å². The monoisotopic (exact) mass is 400 g/mol. The van der Waals surface area contributed by atoms with Gasteiger partial charge in [-0.2, -0.15) is 4.98 Å². The molecule has 0 unspecified atom stereocenters. The number of hydrogen-bond donors (Lipinski definition) is 1. The molecule has 1 aliphatic rings. The normalized spacial score (nSPS) is 13.3. The third-order valence-corrected chi connectivity index (χ3v) is 4.77. The maximum absolute atomic E-state index is 13.2. The van der Waals surface area contributed by atoms with Gasteiger partial charge in [-0.25, -0.2) is 4.79 Å². The zero-order valence-corrected chi connectivity index (χ0v) is 16.1. The molecule has 0 atom stereocenters. The van der Waals surface area contributed by atoms with E-state index >= 15 is 0 Å². The van der Waals surface area contributed by atoms with Crippen LogP contribution in [0.2, 0.25) is 0 Å². The van der Waals surface area contributed by atoms with Crippen LogP contribution in [0.4, 0.5) is 5.82 Å². The predicted octanol–water partition coefficient (Wildman–Crippen LogP) is 0.894. The largest absolute Gasteiger partial charge is 0.360 e. The molecule has 0 radical (unpaired) electrons. The van der Waals surface area contributed by atoms with Crippen LogP contribution in [-0.4, -0.2) is 30.3 Å². The molecule has 1 N–H and O–H groups in total.